The number of nitrogens with two attached hydrogens (primary N) is 3. The van der Waals surface area contributed by atoms with Crippen LogP contribution in [0.1, 0.15) is 199 Å². The SMILES string of the molecule is CC[C@H](C)[C@H](NC(=O)[C@@H](NC(=O)[C@H](CC(C)C)NC(=O)CNC(=O)[C@H](CO)NC(=O)[C@H](C)NC(=O)[C@@H](NC(=O)[C@@H](NC(=O)[C@@H](NC(=O)[C@H](CCC(=O)O)NC(=O)[C@H](C)NC(=O)[C@@H](N)CCC(=O)O)[C@@H](C)O)[C@@H](C)O)[C@@H](C)O)C(C)C)C(=O)N1CCC[C@H]1C(=O)N[C@@H](CC(=O)O)C(=O)N[C@H](C(=O)N[C@@H](C)C(=O)N[C@@H](CCCCN)C(=O)N[C@@H](CCC(=O)O)C(=O)N[C@@H](CCCCN)C(=O)O)[C@@H](C)O. The molecule has 54 nitrogen and oxygen atoms in total. The second kappa shape index (κ2) is 61.6. The Morgan fingerprint density at radius 2 is 0.708 bits per heavy atom. The maximum atomic E-state index is 14.8. The number of carboxylic acid groups (broad SMARTS) is 5. The van der Waals surface area contributed by atoms with Crippen molar-refractivity contribution in [2.45, 2.75) is 332 Å². The summed E-state index contributed by atoms with van der Waals surface area (Å²) in [6, 6.07) is -30.3. The molecule has 1 fully saturated rings. The largest absolute Gasteiger partial charge is 0.481 e. The standard InChI is InChI=1S/C83H141N21O33/c1-14-38(6)61(82(135)104-31-19-22-54(104)76(129)96-52(33-59(117)118)75(128)101-62(42(10)106)78(131)89-40(8)67(120)92-47(20-15-17-29-84)71(124)94-48(24-27-57(113)114)72(125)95-50(83(136)137)21-16-18-30-85)99-77(130)60(37(4)5)98-74(127)51(32-36(2)3)91-55(110)34-87-70(123)53(35-105)97-68(121)41(9)90-79(132)63(43(11)107)102-81(134)65(45(13)109)103-80(133)64(44(12)108)100-73(126)49(25-28-58(115)116)93-66(119)39(7)88-69(122)46(86)23-26-56(111)112/h36-54,60-65,105-109H,14-35,84-86H2,1-13H3,(H,87,123)(H,88,122)(H,89,131)(H,90,132)(H,91,110)(H,92,120)(H,93,119)(H,94,124)(H,95,125)(H,96,129)(H,97,121)(H,98,127)(H,99,130)(H,100,126)(H,101,128)(H,102,134)(H,103,133)(H,111,112)(H,113,114)(H,115,116)(H,117,118)(H,136,137)/t38-,39-,40-,41-,42+,43+,44+,45+,46-,47-,48-,49-,50-,51-,52-,53-,54-,60-,61-,62-,63-,64-,65-/m0/s1. The van der Waals surface area contributed by atoms with Gasteiger partial charge >= 0.3 is 29.8 Å². The van der Waals surface area contributed by atoms with Gasteiger partial charge in [-0.2, -0.15) is 0 Å². The van der Waals surface area contributed by atoms with Crippen LogP contribution < -0.4 is 108 Å². The number of hydrogen-bond acceptors (Lipinski definition) is 31. The fraction of sp³-hybridized carbons (Fsp3) is 0.723. The van der Waals surface area contributed by atoms with E-state index in [2.05, 4.69) is 90.4 Å². The monoisotopic (exact) mass is 1960 g/mol. The van der Waals surface area contributed by atoms with E-state index < -0.39 is 333 Å². The van der Waals surface area contributed by atoms with Gasteiger partial charge in [0.05, 0.1) is 50.0 Å². The summed E-state index contributed by atoms with van der Waals surface area (Å²) in [5.41, 5.74) is 16.9. The van der Waals surface area contributed by atoms with E-state index in [9.17, 15) is 156 Å². The van der Waals surface area contributed by atoms with Gasteiger partial charge in [0.25, 0.3) is 0 Å². The highest BCUT2D eigenvalue weighted by molar-refractivity contribution is 6.02. The fourth-order valence-corrected chi connectivity index (χ4v) is 13.4. The van der Waals surface area contributed by atoms with Crippen molar-refractivity contribution < 1.29 is 161 Å². The zero-order chi connectivity index (χ0) is 105. The van der Waals surface area contributed by atoms with Gasteiger partial charge in [-0.25, -0.2) is 4.79 Å². The molecule has 0 aliphatic carbocycles. The molecule has 0 aromatic carbocycles. The number of likely N-dealkylation sites (tertiary alicyclic amines) is 1. The van der Waals surface area contributed by atoms with Gasteiger partial charge in [-0.05, 0) is 156 Å². The Bertz CT molecular complexity index is 4160. The highest BCUT2D eigenvalue weighted by Crippen LogP contribution is 2.23. The van der Waals surface area contributed by atoms with Crippen molar-refractivity contribution >= 4 is 136 Å². The van der Waals surface area contributed by atoms with Gasteiger partial charge in [0.2, 0.25) is 106 Å². The first-order valence-electron chi connectivity index (χ1n) is 44.9. The lowest BCUT2D eigenvalue weighted by Gasteiger charge is -2.33. The molecule has 0 aromatic rings. The van der Waals surface area contributed by atoms with Crippen molar-refractivity contribution in [1.82, 2.24) is 95.3 Å². The van der Waals surface area contributed by atoms with Crippen LogP contribution in [-0.4, -0.2) is 358 Å². The zero-order valence-corrected chi connectivity index (χ0v) is 79.0. The molecule has 0 radical (unpaired) electrons. The van der Waals surface area contributed by atoms with E-state index in [1.807, 2.05) is 0 Å². The van der Waals surface area contributed by atoms with Gasteiger partial charge in [-0.1, -0.05) is 48.0 Å². The van der Waals surface area contributed by atoms with E-state index in [-0.39, 0.29) is 76.9 Å². The van der Waals surface area contributed by atoms with Gasteiger partial charge in [0.15, 0.2) is 0 Å². The van der Waals surface area contributed by atoms with E-state index in [0.29, 0.717) is 19.3 Å². The maximum absolute atomic E-state index is 14.8. The van der Waals surface area contributed by atoms with Crippen LogP contribution in [0.5, 0.6) is 0 Å². The molecular weight excluding hydrogens is 1820 g/mol. The molecular formula is C83H141N21O33. The summed E-state index contributed by atoms with van der Waals surface area (Å²) in [5, 5.41) is 139. The number of aliphatic hydroxyl groups excluding tert-OH is 5. The smallest absolute Gasteiger partial charge is 0.326 e. The van der Waals surface area contributed by atoms with E-state index in [0.717, 1.165) is 53.4 Å². The molecule has 1 heterocycles. The summed E-state index contributed by atoms with van der Waals surface area (Å²) >= 11 is 0. The van der Waals surface area contributed by atoms with Crippen LogP contribution in [0.3, 0.4) is 0 Å². The Hall–Kier alpha value is -12.5. The molecule has 776 valence electrons. The summed E-state index contributed by atoms with van der Waals surface area (Å²) in [6.07, 6.45) is -10.7. The van der Waals surface area contributed by atoms with E-state index in [4.69, 9.17) is 22.3 Å². The van der Waals surface area contributed by atoms with Crippen molar-refractivity contribution in [3.63, 3.8) is 0 Å². The van der Waals surface area contributed by atoms with Gasteiger partial charge < -0.3 is 164 Å². The molecule has 0 spiro atoms. The molecule has 0 aromatic heterocycles. The maximum Gasteiger partial charge on any atom is 0.326 e. The van der Waals surface area contributed by atoms with Crippen LogP contribution in [0.25, 0.3) is 0 Å². The number of unbranched alkanes of at least 4 members (excludes halogenated alkanes) is 2. The number of nitrogens with zero attached hydrogens (tertiary/aromatic N) is 1. The molecule has 137 heavy (non-hydrogen) atoms. The Kier molecular flexibility index (Phi) is 55.0. The minimum absolute atomic E-state index is 0.0578. The lowest BCUT2D eigenvalue weighted by molar-refractivity contribution is -0.145. The summed E-state index contributed by atoms with van der Waals surface area (Å²) in [7, 11) is 0. The Morgan fingerprint density at radius 1 is 0.358 bits per heavy atom. The van der Waals surface area contributed by atoms with Crippen LogP contribution in [-0.2, 0) is 110 Å². The molecule has 54 heteroatoms. The first kappa shape index (κ1) is 122. The van der Waals surface area contributed by atoms with Crippen molar-refractivity contribution in [3.05, 3.63) is 0 Å². The lowest BCUT2D eigenvalue weighted by Crippen LogP contribution is -2.64. The Balaban J connectivity index is 3.31. The summed E-state index contributed by atoms with van der Waals surface area (Å²) in [6.45, 7) is 15.2. The average molecular weight is 1960 g/mol. The first-order valence-corrected chi connectivity index (χ1v) is 44.9. The number of hydrogen-bond donors (Lipinski definition) is 30. The number of nitrogens with one attached hydrogen (secondary N) is 17. The van der Waals surface area contributed by atoms with E-state index in [1.54, 1.807) is 27.7 Å². The van der Waals surface area contributed by atoms with Crippen LogP contribution in [0.2, 0.25) is 0 Å². The summed E-state index contributed by atoms with van der Waals surface area (Å²) in [5.74, 6) is -29.3. The van der Waals surface area contributed by atoms with Crippen LogP contribution in [0, 0.1) is 17.8 Å². The lowest BCUT2D eigenvalue weighted by atomic mass is 9.95. The van der Waals surface area contributed by atoms with E-state index >= 15 is 0 Å². The highest BCUT2D eigenvalue weighted by Gasteiger charge is 2.45. The molecule has 18 amide bonds. The minimum Gasteiger partial charge on any atom is -0.481 e. The van der Waals surface area contributed by atoms with Crippen LogP contribution >= 0.6 is 0 Å². The predicted molar refractivity (Wildman–Crippen MR) is 477 cm³/mol. The third-order valence-electron chi connectivity index (χ3n) is 21.7. The van der Waals surface area contributed by atoms with Crippen molar-refractivity contribution in [1.29, 1.82) is 0 Å². The van der Waals surface area contributed by atoms with Gasteiger partial charge in [0.1, 0.15) is 103 Å². The molecule has 0 unspecified atom stereocenters. The number of aliphatic hydroxyl groups is 5. The van der Waals surface area contributed by atoms with Crippen LogP contribution in [0.15, 0.2) is 0 Å². The third kappa shape index (κ3) is 44.0. The number of rotatable bonds is 65. The molecule has 0 bridgehead atoms. The Morgan fingerprint density at radius 3 is 1.10 bits per heavy atom. The number of carbonyl (C=O) groups is 23. The zero-order valence-electron chi connectivity index (χ0n) is 79.0. The molecule has 1 rings (SSSR count). The van der Waals surface area contributed by atoms with E-state index in [1.165, 1.54) is 13.8 Å². The van der Waals surface area contributed by atoms with Gasteiger partial charge in [-0.15, -0.1) is 0 Å². The van der Waals surface area contributed by atoms with Gasteiger partial charge in [-0.3, -0.25) is 105 Å². The number of carboxylic acids is 5. The minimum atomic E-state index is -2.08. The average Bonchev–Trinajstić information content (AvgIpc) is 1.72. The topological polar surface area (TPSA) is 881 Å². The molecule has 0 saturated carbocycles. The molecule has 1 aliphatic heterocycles. The first-order chi connectivity index (χ1) is 63.9. The number of aliphatic carboxylic acids is 5. The van der Waals surface area contributed by atoms with Gasteiger partial charge in [0, 0.05) is 25.8 Å². The predicted octanol–water partition coefficient (Wildman–Crippen LogP) is -11.1. The second-order valence-electron chi connectivity index (χ2n) is 34.3. The van der Waals surface area contributed by atoms with Crippen molar-refractivity contribution in [3.8, 4) is 0 Å². The number of amides is 18. The van der Waals surface area contributed by atoms with Crippen LogP contribution in [0.4, 0.5) is 0 Å². The molecule has 1 saturated heterocycles. The number of carbonyl (C=O) groups excluding carboxylic acids is 18. The molecule has 1 aliphatic rings. The second-order valence-corrected chi connectivity index (χ2v) is 34.3. The fourth-order valence-electron chi connectivity index (χ4n) is 13.4. The Labute approximate surface area is 789 Å². The normalized spacial score (nSPS) is 17.2. The summed E-state index contributed by atoms with van der Waals surface area (Å²) < 4.78 is 0. The third-order valence-corrected chi connectivity index (χ3v) is 21.7. The van der Waals surface area contributed by atoms with Crippen molar-refractivity contribution in [2.24, 2.45) is 35.0 Å². The molecule has 33 N–H and O–H groups in total. The quantitative estimate of drug-likeness (QED) is 0.0251. The van der Waals surface area contributed by atoms with Crippen molar-refractivity contribution in [2.75, 3.05) is 32.8 Å². The highest BCUT2D eigenvalue weighted by atomic mass is 16.4. The summed E-state index contributed by atoms with van der Waals surface area (Å²) in [4.78, 5) is 307. The molecule has 23 atom stereocenters.